The molecule has 0 aliphatic heterocycles. The van der Waals surface area contributed by atoms with Crippen molar-refractivity contribution < 1.29 is 15.7 Å². The zero-order valence-corrected chi connectivity index (χ0v) is 30.8. The molecule has 3 heteroatoms. The number of halogens is 2. The van der Waals surface area contributed by atoms with E-state index in [4.69, 9.17) is 17.2 Å². The third-order valence-corrected chi connectivity index (χ3v) is 38.5. The van der Waals surface area contributed by atoms with Crippen LogP contribution in [0, 0.1) is 0 Å². The van der Waals surface area contributed by atoms with Crippen molar-refractivity contribution in [3.63, 3.8) is 0 Å². The molecule has 6 aromatic carbocycles. The van der Waals surface area contributed by atoms with Crippen LogP contribution in [-0.4, -0.2) is 3.76 Å². The molecule has 0 N–H and O–H groups in total. The molecule has 0 saturated carbocycles. The van der Waals surface area contributed by atoms with E-state index >= 15 is 0 Å². The molecule has 2 aliphatic carbocycles. The van der Waals surface area contributed by atoms with E-state index in [0.29, 0.717) is 0 Å². The van der Waals surface area contributed by atoms with Gasteiger partial charge in [-0.2, -0.15) is 0 Å². The molecule has 45 heavy (non-hydrogen) atoms. The molecule has 6 aromatic rings. The summed E-state index contributed by atoms with van der Waals surface area (Å²) in [6.45, 7) is 6.60. The molecule has 0 spiro atoms. The maximum atomic E-state index is 8.27. The van der Waals surface area contributed by atoms with Crippen LogP contribution in [0.1, 0.15) is 50.4 Å². The summed E-state index contributed by atoms with van der Waals surface area (Å²) >= 11 is -5.04. The van der Waals surface area contributed by atoms with Gasteiger partial charge in [0.1, 0.15) is 0 Å². The van der Waals surface area contributed by atoms with E-state index in [9.17, 15) is 0 Å². The summed E-state index contributed by atoms with van der Waals surface area (Å²) in [5.41, 5.74) is 12.6. The van der Waals surface area contributed by atoms with E-state index in [1.54, 1.807) is 0 Å². The Morgan fingerprint density at radius 3 is 1.31 bits per heavy atom. The van der Waals surface area contributed by atoms with Crippen LogP contribution >= 0.6 is 17.2 Å². The molecule has 2 aliphatic rings. The molecule has 2 atom stereocenters. The summed E-state index contributed by atoms with van der Waals surface area (Å²) in [6, 6.07) is 43.9. The van der Waals surface area contributed by atoms with E-state index < -0.39 is 15.7 Å². The minimum atomic E-state index is -5.04. The van der Waals surface area contributed by atoms with Crippen LogP contribution in [0.15, 0.2) is 132 Å². The molecule has 2 unspecified atom stereocenters. The first-order valence-electron chi connectivity index (χ1n) is 15.8. The molecule has 0 nitrogen and oxygen atoms in total. The fourth-order valence-corrected chi connectivity index (χ4v) is 34.5. The van der Waals surface area contributed by atoms with Gasteiger partial charge in [-0.15, -0.1) is 0 Å². The normalized spacial score (nSPS) is 17.6. The van der Waals surface area contributed by atoms with Crippen LogP contribution < -0.4 is 0 Å². The zero-order valence-electron chi connectivity index (χ0n) is 25.7. The van der Waals surface area contributed by atoms with Crippen molar-refractivity contribution in [2.24, 2.45) is 0 Å². The van der Waals surface area contributed by atoms with Gasteiger partial charge in [-0.1, -0.05) is 0 Å². The van der Waals surface area contributed by atoms with Crippen LogP contribution in [0.5, 0.6) is 0 Å². The summed E-state index contributed by atoms with van der Waals surface area (Å²) < 4.78 is 2.24. The van der Waals surface area contributed by atoms with Gasteiger partial charge in [-0.25, -0.2) is 0 Å². The molecule has 0 heterocycles. The average Bonchev–Trinajstić information content (AvgIpc) is 3.61. The molecule has 0 bridgehead atoms. The van der Waals surface area contributed by atoms with Crippen molar-refractivity contribution in [2.75, 3.05) is 0 Å². The van der Waals surface area contributed by atoms with Crippen LogP contribution in [0.25, 0.3) is 56.0 Å². The fourth-order valence-electron chi connectivity index (χ4n) is 8.46. The van der Waals surface area contributed by atoms with Crippen LogP contribution in [0.4, 0.5) is 0 Å². The molecule has 220 valence electrons. The predicted octanol–water partition coefficient (Wildman–Crippen LogP) is 12.8. The van der Waals surface area contributed by atoms with Gasteiger partial charge < -0.3 is 0 Å². The Hall–Kier alpha value is -3.36. The monoisotopic (exact) mass is 788 g/mol. The van der Waals surface area contributed by atoms with Crippen molar-refractivity contribution in [3.05, 3.63) is 155 Å². The van der Waals surface area contributed by atoms with Crippen LogP contribution in [-0.2, 0) is 15.7 Å². The number of allylic oxidation sites excluding steroid dienone is 2. The Labute approximate surface area is 273 Å². The standard InChI is InChI=1S/2C20H15.C2H4.2ClH.Hf/c2*1-14-12-16-8-5-11-19(20(16)13-14)18-10-4-7-15-6-2-3-9-17(15)18;1-2;;;/h2*2-13H,1H3;1H,2H3;2*1H;/q;;;;;+2/p-2. The van der Waals surface area contributed by atoms with E-state index in [-0.39, 0.29) is 7.35 Å². The topological polar surface area (TPSA) is 0 Å². The van der Waals surface area contributed by atoms with Gasteiger partial charge in [-0.3, -0.25) is 0 Å². The Morgan fingerprint density at radius 1 is 0.489 bits per heavy atom. The zero-order chi connectivity index (χ0) is 30.9. The van der Waals surface area contributed by atoms with Gasteiger partial charge in [0.25, 0.3) is 0 Å². The van der Waals surface area contributed by atoms with Gasteiger partial charge in [-0.05, 0) is 0 Å². The molecular formula is C42H34Cl2Hf. The van der Waals surface area contributed by atoms with Crippen LogP contribution in [0.3, 0.4) is 0 Å². The number of benzene rings is 6. The van der Waals surface area contributed by atoms with Crippen molar-refractivity contribution in [1.82, 2.24) is 0 Å². The summed E-state index contributed by atoms with van der Waals surface area (Å²) in [5, 5.41) is 5.01. The van der Waals surface area contributed by atoms with Crippen molar-refractivity contribution >= 4 is 54.6 Å². The number of rotatable bonds is 4. The Kier molecular flexibility index (Phi) is 6.84. The SMILES string of the molecule is C[CH]=[Hf]([Cl])([Cl])([CH]1C(C)=Cc2c(-c3cccc4ccccc34)cccc21)[CH]1C(C)=Cc2c(-c3cccc4ccccc34)cccc21. The molecule has 0 aromatic heterocycles. The van der Waals surface area contributed by atoms with Gasteiger partial charge in [0.05, 0.1) is 0 Å². The second kappa shape index (κ2) is 10.6. The first-order valence-corrected chi connectivity index (χ1v) is 30.9. The molecule has 8 rings (SSSR count). The van der Waals surface area contributed by atoms with Crippen LogP contribution in [0.2, 0.25) is 0 Å². The van der Waals surface area contributed by atoms with Crippen molar-refractivity contribution in [2.45, 2.75) is 28.1 Å². The Morgan fingerprint density at radius 2 is 0.867 bits per heavy atom. The molecule has 0 radical (unpaired) electrons. The number of fused-ring (bicyclic) bond motifs is 4. The minimum absolute atomic E-state index is 0.0132. The average molecular weight is 788 g/mol. The fraction of sp³-hybridized carbons (Fsp3) is 0.119. The summed E-state index contributed by atoms with van der Waals surface area (Å²) in [7, 11) is 16.5. The molecule has 0 saturated heterocycles. The van der Waals surface area contributed by atoms with E-state index in [2.05, 4.69) is 158 Å². The summed E-state index contributed by atoms with van der Waals surface area (Å²) in [5.74, 6) is 0. The summed E-state index contributed by atoms with van der Waals surface area (Å²) in [6.07, 6.45) is 4.73. The predicted molar refractivity (Wildman–Crippen MR) is 195 cm³/mol. The first-order chi connectivity index (χ1) is 21.8. The number of hydrogen-bond acceptors (Lipinski definition) is 0. The quantitative estimate of drug-likeness (QED) is 0.156. The Bertz CT molecular complexity index is 2160. The Balaban J connectivity index is 1.31. The molecule has 0 fully saturated rings. The molecular weight excluding hydrogens is 754 g/mol. The number of hydrogen-bond donors (Lipinski definition) is 0. The van der Waals surface area contributed by atoms with Gasteiger partial charge in [0.15, 0.2) is 0 Å². The third kappa shape index (κ3) is 4.31. The second-order valence-corrected chi connectivity index (χ2v) is 43.3. The van der Waals surface area contributed by atoms with Gasteiger partial charge in [0, 0.05) is 0 Å². The summed E-state index contributed by atoms with van der Waals surface area (Å²) in [4.78, 5) is 0. The second-order valence-electron chi connectivity index (χ2n) is 12.8. The van der Waals surface area contributed by atoms with Gasteiger partial charge >= 0.3 is 275 Å². The van der Waals surface area contributed by atoms with E-state index in [1.165, 1.54) is 77.2 Å². The third-order valence-electron chi connectivity index (χ3n) is 10.4. The molecule has 0 amide bonds. The van der Waals surface area contributed by atoms with Gasteiger partial charge in [0.2, 0.25) is 0 Å². The maximum absolute atomic E-state index is 8.27. The van der Waals surface area contributed by atoms with E-state index in [0.717, 1.165) is 0 Å². The van der Waals surface area contributed by atoms with Crippen molar-refractivity contribution in [3.8, 4) is 22.3 Å². The van der Waals surface area contributed by atoms with E-state index in [1.807, 2.05) is 0 Å². The first kappa shape index (κ1) is 29.1. The van der Waals surface area contributed by atoms with Crippen molar-refractivity contribution in [1.29, 1.82) is 0 Å².